The number of nitrogens with zero attached hydrogens (tertiary/aromatic N) is 1. The van der Waals surface area contributed by atoms with E-state index in [0.717, 1.165) is 4.90 Å². The Morgan fingerprint density at radius 3 is 2.80 bits per heavy atom. The molecule has 1 amide bonds. The summed E-state index contributed by atoms with van der Waals surface area (Å²) in [5.74, 6) is 0.428. The largest absolute Gasteiger partial charge is 0.398 e. The van der Waals surface area contributed by atoms with Crippen molar-refractivity contribution in [2.75, 3.05) is 25.6 Å². The van der Waals surface area contributed by atoms with Crippen LogP contribution in [0.1, 0.15) is 0 Å². The van der Waals surface area contributed by atoms with Crippen molar-refractivity contribution in [1.82, 2.24) is 4.90 Å². The SMILES string of the molecule is CN(C)C(=O)CSc1cc(Cl)ccc1N. The van der Waals surface area contributed by atoms with Gasteiger partial charge in [0.1, 0.15) is 0 Å². The third-order valence-corrected chi connectivity index (χ3v) is 3.12. The number of thioether (sulfide) groups is 1. The molecule has 0 atom stereocenters. The van der Waals surface area contributed by atoms with Gasteiger partial charge >= 0.3 is 0 Å². The molecule has 0 spiro atoms. The molecule has 0 saturated heterocycles. The smallest absolute Gasteiger partial charge is 0.232 e. The van der Waals surface area contributed by atoms with E-state index in [0.29, 0.717) is 16.5 Å². The van der Waals surface area contributed by atoms with Crippen molar-refractivity contribution >= 4 is 35.0 Å². The van der Waals surface area contributed by atoms with Crippen molar-refractivity contribution in [3.63, 3.8) is 0 Å². The van der Waals surface area contributed by atoms with Crippen molar-refractivity contribution in [3.8, 4) is 0 Å². The molecule has 1 aromatic carbocycles. The molecule has 0 aliphatic heterocycles. The summed E-state index contributed by atoms with van der Waals surface area (Å²) in [5, 5.41) is 0.629. The third kappa shape index (κ3) is 3.64. The minimum atomic E-state index is 0.0550. The summed E-state index contributed by atoms with van der Waals surface area (Å²) in [4.78, 5) is 13.7. The van der Waals surface area contributed by atoms with Gasteiger partial charge in [0.05, 0.1) is 5.75 Å². The number of rotatable bonds is 3. The zero-order valence-corrected chi connectivity index (χ0v) is 10.2. The van der Waals surface area contributed by atoms with Crippen molar-refractivity contribution in [3.05, 3.63) is 23.2 Å². The van der Waals surface area contributed by atoms with E-state index in [1.54, 1.807) is 37.2 Å². The average molecular weight is 245 g/mol. The summed E-state index contributed by atoms with van der Waals surface area (Å²) in [7, 11) is 3.45. The van der Waals surface area contributed by atoms with Crippen LogP contribution < -0.4 is 5.73 Å². The molecule has 0 unspecified atom stereocenters. The molecule has 0 bridgehead atoms. The van der Waals surface area contributed by atoms with E-state index >= 15 is 0 Å². The predicted molar refractivity (Wildman–Crippen MR) is 65.3 cm³/mol. The maximum absolute atomic E-state index is 11.3. The molecule has 0 aliphatic carbocycles. The fourth-order valence-corrected chi connectivity index (χ4v) is 2.12. The van der Waals surface area contributed by atoms with Crippen molar-refractivity contribution < 1.29 is 4.79 Å². The fraction of sp³-hybridized carbons (Fsp3) is 0.300. The molecular formula is C10H13ClN2OS. The molecule has 0 aliphatic rings. The summed E-state index contributed by atoms with van der Waals surface area (Å²) in [6.07, 6.45) is 0. The molecule has 1 aromatic rings. The van der Waals surface area contributed by atoms with Crippen LogP contribution in [0.2, 0.25) is 5.02 Å². The highest BCUT2D eigenvalue weighted by Crippen LogP contribution is 2.27. The second-order valence-corrected chi connectivity index (χ2v) is 4.71. The van der Waals surface area contributed by atoms with E-state index in [1.165, 1.54) is 11.8 Å². The normalized spacial score (nSPS) is 10.1. The summed E-state index contributed by atoms with van der Waals surface area (Å²) in [5.41, 5.74) is 6.40. The second kappa shape index (κ2) is 5.28. The Morgan fingerprint density at radius 2 is 2.20 bits per heavy atom. The van der Waals surface area contributed by atoms with Gasteiger partial charge in [0.2, 0.25) is 5.91 Å². The van der Waals surface area contributed by atoms with E-state index < -0.39 is 0 Å². The first-order valence-corrected chi connectivity index (χ1v) is 5.75. The first-order valence-electron chi connectivity index (χ1n) is 4.38. The van der Waals surface area contributed by atoms with Gasteiger partial charge in [-0.25, -0.2) is 0 Å². The first kappa shape index (κ1) is 12.2. The van der Waals surface area contributed by atoms with Crippen molar-refractivity contribution in [1.29, 1.82) is 0 Å². The summed E-state index contributed by atoms with van der Waals surface area (Å²) >= 11 is 7.23. The maximum atomic E-state index is 11.3. The highest BCUT2D eigenvalue weighted by Gasteiger charge is 2.07. The molecule has 0 heterocycles. The van der Waals surface area contributed by atoms with Gasteiger partial charge in [-0.05, 0) is 18.2 Å². The quantitative estimate of drug-likeness (QED) is 0.654. The van der Waals surface area contributed by atoms with Gasteiger partial charge in [-0.15, -0.1) is 11.8 Å². The van der Waals surface area contributed by atoms with Crippen LogP contribution >= 0.6 is 23.4 Å². The number of hydrogen-bond acceptors (Lipinski definition) is 3. The molecule has 3 nitrogen and oxygen atoms in total. The van der Waals surface area contributed by atoms with Gasteiger partial charge in [-0.3, -0.25) is 4.79 Å². The average Bonchev–Trinajstić information content (AvgIpc) is 2.18. The van der Waals surface area contributed by atoms with E-state index in [-0.39, 0.29) is 5.91 Å². The number of halogens is 1. The Morgan fingerprint density at radius 1 is 1.53 bits per heavy atom. The van der Waals surface area contributed by atoms with E-state index in [2.05, 4.69) is 0 Å². The lowest BCUT2D eigenvalue weighted by atomic mass is 10.3. The molecule has 5 heteroatoms. The molecule has 2 N–H and O–H groups in total. The lowest BCUT2D eigenvalue weighted by Crippen LogP contribution is -2.23. The number of carbonyl (C=O) groups is 1. The van der Waals surface area contributed by atoms with Crippen molar-refractivity contribution in [2.45, 2.75) is 4.90 Å². The molecule has 15 heavy (non-hydrogen) atoms. The number of benzene rings is 1. The summed E-state index contributed by atoms with van der Waals surface area (Å²) in [6, 6.07) is 5.24. The highest BCUT2D eigenvalue weighted by molar-refractivity contribution is 8.00. The van der Waals surface area contributed by atoms with Crippen LogP contribution in [-0.4, -0.2) is 30.7 Å². The van der Waals surface area contributed by atoms with Gasteiger partial charge in [0.15, 0.2) is 0 Å². The van der Waals surface area contributed by atoms with Crippen molar-refractivity contribution in [2.24, 2.45) is 0 Å². The van der Waals surface area contributed by atoms with E-state index in [4.69, 9.17) is 17.3 Å². The van der Waals surface area contributed by atoms with Gasteiger partial charge in [0.25, 0.3) is 0 Å². The topological polar surface area (TPSA) is 46.3 Å². The molecule has 1 rings (SSSR count). The van der Waals surface area contributed by atoms with Gasteiger partial charge < -0.3 is 10.6 Å². The number of amides is 1. The lowest BCUT2D eigenvalue weighted by molar-refractivity contribution is -0.125. The Hall–Kier alpha value is -0.870. The molecule has 0 aromatic heterocycles. The van der Waals surface area contributed by atoms with Gasteiger partial charge in [0, 0.05) is 29.7 Å². The lowest BCUT2D eigenvalue weighted by Gasteiger charge is -2.10. The van der Waals surface area contributed by atoms with Crippen LogP contribution in [0.5, 0.6) is 0 Å². The Labute approximate surface area is 98.6 Å². The first-order chi connectivity index (χ1) is 7.00. The number of nitrogens with two attached hydrogens (primary N) is 1. The van der Waals surface area contributed by atoms with Crippen LogP contribution in [0.25, 0.3) is 0 Å². The molecule has 0 radical (unpaired) electrons. The van der Waals surface area contributed by atoms with Crippen LogP contribution in [0.3, 0.4) is 0 Å². The Bertz CT molecular complexity index is 368. The summed E-state index contributed by atoms with van der Waals surface area (Å²) < 4.78 is 0. The minimum Gasteiger partial charge on any atom is -0.398 e. The fourth-order valence-electron chi connectivity index (χ4n) is 0.902. The van der Waals surface area contributed by atoms with E-state index in [1.807, 2.05) is 0 Å². The third-order valence-electron chi connectivity index (χ3n) is 1.83. The maximum Gasteiger partial charge on any atom is 0.232 e. The van der Waals surface area contributed by atoms with Crippen LogP contribution in [-0.2, 0) is 4.79 Å². The predicted octanol–water partition coefficient (Wildman–Crippen LogP) is 2.10. The summed E-state index contributed by atoms with van der Waals surface area (Å²) in [6.45, 7) is 0. The van der Waals surface area contributed by atoms with Crippen LogP contribution in [0, 0.1) is 0 Å². The number of nitrogen functional groups attached to an aromatic ring is 1. The Kier molecular flexibility index (Phi) is 4.29. The van der Waals surface area contributed by atoms with Crippen LogP contribution in [0.15, 0.2) is 23.1 Å². The Balaban J connectivity index is 2.65. The number of hydrogen-bond donors (Lipinski definition) is 1. The zero-order chi connectivity index (χ0) is 11.4. The number of carbonyl (C=O) groups excluding carboxylic acids is 1. The van der Waals surface area contributed by atoms with Gasteiger partial charge in [-0.2, -0.15) is 0 Å². The van der Waals surface area contributed by atoms with Crippen LogP contribution in [0.4, 0.5) is 5.69 Å². The molecule has 0 saturated carbocycles. The molecule has 82 valence electrons. The second-order valence-electron chi connectivity index (χ2n) is 3.26. The molecule has 0 fully saturated rings. The standard InChI is InChI=1S/C10H13ClN2OS/c1-13(2)10(14)6-15-9-5-7(11)3-4-8(9)12/h3-5H,6,12H2,1-2H3. The monoisotopic (exact) mass is 244 g/mol. The zero-order valence-electron chi connectivity index (χ0n) is 8.66. The highest BCUT2D eigenvalue weighted by atomic mass is 35.5. The van der Waals surface area contributed by atoms with Gasteiger partial charge in [-0.1, -0.05) is 11.6 Å². The number of anilines is 1. The van der Waals surface area contributed by atoms with E-state index in [9.17, 15) is 4.79 Å². The molecular weight excluding hydrogens is 232 g/mol. The minimum absolute atomic E-state index is 0.0550.